The summed E-state index contributed by atoms with van der Waals surface area (Å²) in [7, 11) is 1.59. The van der Waals surface area contributed by atoms with Crippen LogP contribution in [-0.2, 0) is 4.79 Å². The second kappa shape index (κ2) is 6.43. The molecular weight excluding hydrogens is 260 g/mol. The van der Waals surface area contributed by atoms with Gasteiger partial charge in [-0.05, 0) is 25.7 Å². The summed E-state index contributed by atoms with van der Waals surface area (Å²) in [6.07, 6.45) is 3.96. The van der Waals surface area contributed by atoms with Crippen molar-refractivity contribution in [3.05, 3.63) is 0 Å². The van der Waals surface area contributed by atoms with Gasteiger partial charge in [-0.3, -0.25) is 0 Å². The Morgan fingerprint density at radius 3 is 2.15 bits per heavy atom. The normalized spacial score (nSPS) is 17.8. The predicted octanol–water partition coefficient (Wildman–Crippen LogP) is 1.58. The summed E-state index contributed by atoms with van der Waals surface area (Å²) in [5, 5.41) is 22.2. The summed E-state index contributed by atoms with van der Waals surface area (Å²) in [5.41, 5.74) is -2.06. The topological polar surface area (TPSA) is 89.9 Å². The predicted molar refractivity (Wildman–Crippen MR) is 75.5 cm³/mol. The molecule has 2 amide bonds. The third kappa shape index (κ3) is 3.62. The van der Waals surface area contributed by atoms with Gasteiger partial charge in [0.2, 0.25) is 0 Å². The molecule has 20 heavy (non-hydrogen) atoms. The Morgan fingerprint density at radius 1 is 1.25 bits per heavy atom. The van der Waals surface area contributed by atoms with Gasteiger partial charge >= 0.3 is 12.0 Å². The smallest absolute Gasteiger partial charge is 0.329 e. The van der Waals surface area contributed by atoms with Crippen molar-refractivity contribution in [2.24, 2.45) is 0 Å². The second-order valence-corrected chi connectivity index (χ2v) is 5.81. The van der Waals surface area contributed by atoms with Crippen LogP contribution in [0.4, 0.5) is 4.79 Å². The number of carboxylic acids is 1. The van der Waals surface area contributed by atoms with Gasteiger partial charge in [0, 0.05) is 7.05 Å². The lowest BCUT2D eigenvalue weighted by atomic mass is 9.93. The van der Waals surface area contributed by atoms with Crippen molar-refractivity contribution in [3.63, 3.8) is 0 Å². The maximum absolute atomic E-state index is 12.2. The fourth-order valence-electron chi connectivity index (χ4n) is 2.79. The molecule has 116 valence electrons. The van der Waals surface area contributed by atoms with Crippen molar-refractivity contribution in [2.45, 2.75) is 63.5 Å². The van der Waals surface area contributed by atoms with Gasteiger partial charge in [-0.2, -0.15) is 0 Å². The van der Waals surface area contributed by atoms with Crippen LogP contribution in [0, 0.1) is 0 Å². The minimum Gasteiger partial charge on any atom is -0.480 e. The highest BCUT2D eigenvalue weighted by Gasteiger charge is 2.39. The van der Waals surface area contributed by atoms with E-state index < -0.39 is 23.1 Å². The zero-order valence-electron chi connectivity index (χ0n) is 12.6. The quantitative estimate of drug-likeness (QED) is 0.691. The molecule has 0 unspecified atom stereocenters. The number of nitrogens with zero attached hydrogens (tertiary/aromatic N) is 1. The summed E-state index contributed by atoms with van der Waals surface area (Å²) >= 11 is 0. The lowest BCUT2D eigenvalue weighted by molar-refractivity contribution is -0.144. The summed E-state index contributed by atoms with van der Waals surface area (Å²) in [4.78, 5) is 24.9. The summed E-state index contributed by atoms with van der Waals surface area (Å²) in [6, 6.07) is -0.448. The number of nitrogens with one attached hydrogen (secondary N) is 1. The van der Waals surface area contributed by atoms with Gasteiger partial charge < -0.3 is 20.4 Å². The van der Waals surface area contributed by atoms with E-state index in [0.717, 1.165) is 12.8 Å². The van der Waals surface area contributed by atoms with Crippen LogP contribution in [0.5, 0.6) is 0 Å². The van der Waals surface area contributed by atoms with E-state index in [1.165, 1.54) is 4.90 Å². The van der Waals surface area contributed by atoms with Crippen LogP contribution in [0.25, 0.3) is 0 Å². The maximum Gasteiger partial charge on any atom is 0.329 e. The number of carbonyl (C=O) groups excluding carboxylic acids is 1. The standard InChI is InChI=1S/C14H26N2O4/c1-4-14(5-2,11(17)18)15-12(19)16(3)10-13(20)8-6-7-9-13/h20H,4-10H2,1-3H3,(H,15,19)(H,17,18). The molecular formula is C14H26N2O4. The largest absolute Gasteiger partial charge is 0.480 e. The Balaban J connectivity index is 2.66. The molecule has 1 aliphatic carbocycles. The highest BCUT2D eigenvalue weighted by Crippen LogP contribution is 2.30. The third-order valence-corrected chi connectivity index (χ3v) is 4.38. The number of urea groups is 1. The molecule has 0 radical (unpaired) electrons. The number of rotatable bonds is 6. The Hall–Kier alpha value is -1.30. The molecule has 6 nitrogen and oxygen atoms in total. The number of likely N-dealkylation sites (N-methyl/N-ethyl adjacent to an activating group) is 1. The molecule has 0 spiro atoms. The zero-order chi connectivity index (χ0) is 15.4. The maximum atomic E-state index is 12.2. The molecule has 0 aromatic heterocycles. The summed E-state index contributed by atoms with van der Waals surface area (Å²) < 4.78 is 0. The van der Waals surface area contributed by atoms with Crippen LogP contribution in [0.2, 0.25) is 0 Å². The Labute approximate surface area is 120 Å². The van der Waals surface area contributed by atoms with Crippen LogP contribution in [0.3, 0.4) is 0 Å². The lowest BCUT2D eigenvalue weighted by Crippen LogP contribution is -2.58. The molecule has 0 atom stereocenters. The average Bonchev–Trinajstić information content (AvgIpc) is 2.81. The minimum absolute atomic E-state index is 0.238. The van der Waals surface area contributed by atoms with E-state index in [1.807, 2.05) is 0 Å². The van der Waals surface area contributed by atoms with Gasteiger partial charge in [0.1, 0.15) is 5.54 Å². The number of aliphatic carboxylic acids is 1. The van der Waals surface area contributed by atoms with Crippen LogP contribution in [-0.4, -0.2) is 51.8 Å². The Kier molecular flexibility index (Phi) is 5.39. The molecule has 6 heteroatoms. The molecule has 3 N–H and O–H groups in total. The van der Waals surface area contributed by atoms with Crippen molar-refractivity contribution in [2.75, 3.05) is 13.6 Å². The molecule has 1 saturated carbocycles. The van der Waals surface area contributed by atoms with Crippen LogP contribution >= 0.6 is 0 Å². The van der Waals surface area contributed by atoms with Crippen molar-refractivity contribution in [3.8, 4) is 0 Å². The molecule has 0 aliphatic heterocycles. The van der Waals surface area contributed by atoms with Gasteiger partial charge in [0.05, 0.1) is 12.1 Å². The van der Waals surface area contributed by atoms with E-state index in [0.29, 0.717) is 25.7 Å². The fourth-order valence-corrected chi connectivity index (χ4v) is 2.79. The molecule has 0 aromatic rings. The highest BCUT2D eigenvalue weighted by molar-refractivity contribution is 5.86. The third-order valence-electron chi connectivity index (χ3n) is 4.38. The molecule has 0 bridgehead atoms. The van der Waals surface area contributed by atoms with E-state index in [2.05, 4.69) is 5.32 Å². The first-order valence-corrected chi connectivity index (χ1v) is 7.27. The molecule has 0 aromatic carbocycles. The van der Waals surface area contributed by atoms with Crippen LogP contribution in [0.1, 0.15) is 52.4 Å². The van der Waals surface area contributed by atoms with Crippen molar-refractivity contribution < 1.29 is 19.8 Å². The summed E-state index contributed by atoms with van der Waals surface area (Å²) in [5.74, 6) is -1.02. The van der Waals surface area contributed by atoms with Gasteiger partial charge in [-0.1, -0.05) is 26.7 Å². The monoisotopic (exact) mass is 286 g/mol. The molecule has 0 saturated heterocycles. The van der Waals surface area contributed by atoms with Gasteiger partial charge in [0.25, 0.3) is 0 Å². The highest BCUT2D eigenvalue weighted by atomic mass is 16.4. The first-order chi connectivity index (χ1) is 9.28. The van der Waals surface area contributed by atoms with Crippen LogP contribution in [0.15, 0.2) is 0 Å². The van der Waals surface area contributed by atoms with E-state index in [4.69, 9.17) is 0 Å². The molecule has 1 fully saturated rings. The number of hydrogen-bond acceptors (Lipinski definition) is 3. The average molecular weight is 286 g/mol. The fraction of sp³-hybridized carbons (Fsp3) is 0.857. The first kappa shape index (κ1) is 16.8. The van der Waals surface area contributed by atoms with Crippen molar-refractivity contribution in [1.82, 2.24) is 10.2 Å². The number of hydrogen-bond donors (Lipinski definition) is 3. The van der Waals surface area contributed by atoms with E-state index in [1.54, 1.807) is 20.9 Å². The Morgan fingerprint density at radius 2 is 1.75 bits per heavy atom. The molecule has 1 rings (SSSR count). The van der Waals surface area contributed by atoms with Crippen molar-refractivity contribution in [1.29, 1.82) is 0 Å². The van der Waals surface area contributed by atoms with Crippen molar-refractivity contribution >= 4 is 12.0 Å². The van der Waals surface area contributed by atoms with E-state index in [9.17, 15) is 19.8 Å². The minimum atomic E-state index is -1.23. The Bertz CT molecular complexity index is 360. The number of carboxylic acid groups (broad SMARTS) is 1. The lowest BCUT2D eigenvalue weighted by Gasteiger charge is -2.33. The van der Waals surface area contributed by atoms with Gasteiger partial charge in [-0.25, -0.2) is 9.59 Å². The zero-order valence-corrected chi connectivity index (χ0v) is 12.6. The number of amides is 2. The SMILES string of the molecule is CCC(CC)(NC(=O)N(C)CC1(O)CCCC1)C(=O)O. The summed E-state index contributed by atoms with van der Waals surface area (Å²) in [6.45, 7) is 3.72. The van der Waals surface area contributed by atoms with E-state index >= 15 is 0 Å². The first-order valence-electron chi connectivity index (χ1n) is 7.27. The van der Waals surface area contributed by atoms with Gasteiger partial charge in [0.15, 0.2) is 0 Å². The van der Waals surface area contributed by atoms with E-state index in [-0.39, 0.29) is 6.54 Å². The molecule has 1 aliphatic rings. The van der Waals surface area contributed by atoms with Crippen LogP contribution < -0.4 is 5.32 Å². The number of aliphatic hydroxyl groups is 1. The number of carbonyl (C=O) groups is 2. The molecule has 0 heterocycles. The second-order valence-electron chi connectivity index (χ2n) is 5.81. The van der Waals surface area contributed by atoms with Gasteiger partial charge in [-0.15, -0.1) is 0 Å².